The molecule has 2 heterocycles. The van der Waals surface area contributed by atoms with Crippen molar-refractivity contribution < 1.29 is 9.59 Å². The van der Waals surface area contributed by atoms with Crippen molar-refractivity contribution in [3.05, 3.63) is 69.7 Å². The van der Waals surface area contributed by atoms with E-state index in [1.54, 1.807) is 18.2 Å². The van der Waals surface area contributed by atoms with Crippen molar-refractivity contribution >= 4 is 35.0 Å². The van der Waals surface area contributed by atoms with E-state index in [9.17, 15) is 9.59 Å². The number of benzene rings is 2. The SMILES string of the molecule is CCC(CN1CCC(CNC(=O)Cc2ccc(Cl)cc2Cl)NC(CCN2CCCCC2)C1=O)c1ccccc1. The Balaban J connectivity index is 1.40. The van der Waals surface area contributed by atoms with Crippen molar-refractivity contribution in [1.82, 2.24) is 20.4 Å². The molecule has 8 heteroatoms. The van der Waals surface area contributed by atoms with Gasteiger partial charge in [0.25, 0.3) is 0 Å². The number of nitrogens with one attached hydrogen (secondary N) is 2. The Morgan fingerprint density at radius 1 is 1.08 bits per heavy atom. The Kier molecular flexibility index (Phi) is 11.5. The van der Waals surface area contributed by atoms with Crippen LogP contribution in [0.25, 0.3) is 0 Å². The smallest absolute Gasteiger partial charge is 0.239 e. The molecular formula is C31H42Cl2N4O2. The van der Waals surface area contributed by atoms with Gasteiger partial charge >= 0.3 is 0 Å². The minimum Gasteiger partial charge on any atom is -0.354 e. The lowest BCUT2D eigenvalue weighted by Gasteiger charge is -2.31. The van der Waals surface area contributed by atoms with Gasteiger partial charge in [-0.05, 0) is 68.5 Å². The predicted octanol–water partition coefficient (Wildman–Crippen LogP) is 5.28. The van der Waals surface area contributed by atoms with E-state index >= 15 is 0 Å². The van der Waals surface area contributed by atoms with E-state index in [-0.39, 0.29) is 30.3 Å². The van der Waals surface area contributed by atoms with E-state index in [1.807, 2.05) is 6.07 Å². The number of hydrogen-bond acceptors (Lipinski definition) is 4. The molecule has 2 N–H and O–H groups in total. The van der Waals surface area contributed by atoms with Gasteiger partial charge in [0, 0.05) is 48.2 Å². The van der Waals surface area contributed by atoms with Crippen molar-refractivity contribution in [3.63, 3.8) is 0 Å². The van der Waals surface area contributed by atoms with Crippen molar-refractivity contribution in [2.45, 2.75) is 69.9 Å². The van der Waals surface area contributed by atoms with Crippen LogP contribution in [0.2, 0.25) is 10.0 Å². The molecule has 0 aliphatic carbocycles. The van der Waals surface area contributed by atoms with Crippen LogP contribution in [0.3, 0.4) is 0 Å². The van der Waals surface area contributed by atoms with Crippen molar-refractivity contribution in [2.75, 3.05) is 39.3 Å². The minimum absolute atomic E-state index is 0.0201. The summed E-state index contributed by atoms with van der Waals surface area (Å²) in [5, 5.41) is 7.74. The summed E-state index contributed by atoms with van der Waals surface area (Å²) in [4.78, 5) is 31.1. The minimum atomic E-state index is -0.254. The summed E-state index contributed by atoms with van der Waals surface area (Å²) in [5.41, 5.74) is 2.03. The number of likely N-dealkylation sites (tertiary alicyclic amines) is 1. The van der Waals surface area contributed by atoms with Crippen LogP contribution in [0.5, 0.6) is 0 Å². The first-order valence-electron chi connectivity index (χ1n) is 14.5. The molecule has 2 fully saturated rings. The molecule has 3 unspecified atom stereocenters. The second-order valence-corrected chi connectivity index (χ2v) is 11.8. The highest BCUT2D eigenvalue weighted by Gasteiger charge is 2.32. The number of carbonyl (C=O) groups excluding carboxylic acids is 2. The third kappa shape index (κ3) is 8.94. The lowest BCUT2D eigenvalue weighted by molar-refractivity contribution is -0.133. The molecule has 2 aliphatic heterocycles. The third-order valence-electron chi connectivity index (χ3n) is 8.09. The highest BCUT2D eigenvalue weighted by molar-refractivity contribution is 6.35. The Morgan fingerprint density at radius 3 is 2.56 bits per heavy atom. The molecule has 0 spiro atoms. The van der Waals surface area contributed by atoms with Gasteiger partial charge in [-0.25, -0.2) is 0 Å². The molecule has 3 atom stereocenters. The number of hydrogen-bond donors (Lipinski definition) is 2. The van der Waals surface area contributed by atoms with Gasteiger partial charge < -0.3 is 20.4 Å². The van der Waals surface area contributed by atoms with Crippen molar-refractivity contribution in [1.29, 1.82) is 0 Å². The first kappa shape index (κ1) is 29.9. The average molecular weight is 574 g/mol. The number of carbonyl (C=O) groups is 2. The van der Waals surface area contributed by atoms with Gasteiger partial charge in [0.2, 0.25) is 11.8 Å². The van der Waals surface area contributed by atoms with Crippen LogP contribution < -0.4 is 10.6 Å². The molecule has 2 saturated heterocycles. The Morgan fingerprint density at radius 2 is 1.85 bits per heavy atom. The highest BCUT2D eigenvalue weighted by atomic mass is 35.5. The van der Waals surface area contributed by atoms with E-state index in [4.69, 9.17) is 23.2 Å². The molecule has 0 radical (unpaired) electrons. The van der Waals surface area contributed by atoms with Crippen LogP contribution in [-0.4, -0.2) is 73.0 Å². The largest absolute Gasteiger partial charge is 0.354 e. The quantitative estimate of drug-likeness (QED) is 0.384. The lowest BCUT2D eigenvalue weighted by atomic mass is 9.95. The van der Waals surface area contributed by atoms with Crippen LogP contribution in [0, 0.1) is 0 Å². The number of nitrogens with zero attached hydrogens (tertiary/aromatic N) is 2. The summed E-state index contributed by atoms with van der Waals surface area (Å²) in [6.45, 7) is 7.21. The summed E-state index contributed by atoms with van der Waals surface area (Å²) in [6.07, 6.45) is 6.51. The van der Waals surface area contributed by atoms with E-state index < -0.39 is 0 Å². The fourth-order valence-electron chi connectivity index (χ4n) is 5.72. The predicted molar refractivity (Wildman–Crippen MR) is 159 cm³/mol. The van der Waals surface area contributed by atoms with Crippen LogP contribution in [0.1, 0.15) is 62.5 Å². The molecule has 0 bridgehead atoms. The van der Waals surface area contributed by atoms with Gasteiger partial charge in [-0.15, -0.1) is 0 Å². The molecule has 212 valence electrons. The van der Waals surface area contributed by atoms with E-state index in [0.717, 1.165) is 51.0 Å². The highest BCUT2D eigenvalue weighted by Crippen LogP contribution is 2.24. The lowest BCUT2D eigenvalue weighted by Crippen LogP contribution is -2.50. The van der Waals surface area contributed by atoms with Gasteiger partial charge in [0.15, 0.2) is 0 Å². The maximum Gasteiger partial charge on any atom is 0.239 e. The number of halogens is 2. The summed E-state index contributed by atoms with van der Waals surface area (Å²) >= 11 is 12.3. The maximum absolute atomic E-state index is 13.8. The zero-order valence-electron chi connectivity index (χ0n) is 23.0. The normalized spacial score (nSPS) is 21.4. The van der Waals surface area contributed by atoms with Crippen LogP contribution in [0.4, 0.5) is 0 Å². The topological polar surface area (TPSA) is 64.7 Å². The number of rotatable bonds is 11. The van der Waals surface area contributed by atoms with E-state index in [2.05, 4.69) is 51.6 Å². The second kappa shape index (κ2) is 15.0. The van der Waals surface area contributed by atoms with Gasteiger partial charge in [-0.3, -0.25) is 9.59 Å². The second-order valence-electron chi connectivity index (χ2n) is 10.9. The Bertz CT molecular complexity index is 1080. The summed E-state index contributed by atoms with van der Waals surface area (Å²) in [7, 11) is 0. The zero-order valence-corrected chi connectivity index (χ0v) is 24.5. The molecule has 2 aromatic rings. The maximum atomic E-state index is 13.8. The van der Waals surface area contributed by atoms with Gasteiger partial charge in [0.1, 0.15) is 0 Å². The van der Waals surface area contributed by atoms with Gasteiger partial charge in [-0.1, -0.05) is 72.9 Å². The number of piperidine rings is 1. The van der Waals surface area contributed by atoms with E-state index in [1.165, 1.54) is 24.8 Å². The zero-order chi connectivity index (χ0) is 27.6. The molecule has 6 nitrogen and oxygen atoms in total. The molecule has 0 saturated carbocycles. The standard InChI is InChI=1S/C31H42Cl2N4O2/c1-2-23(24-9-5-3-6-10-24)22-37-18-13-27(21-34-30(38)19-25-11-12-26(32)20-28(25)33)35-29(31(37)39)14-17-36-15-7-4-8-16-36/h3,5-6,9-12,20,23,27,29,35H,2,4,7-8,13-19,21-22H2,1H3,(H,34,38). The number of amides is 2. The van der Waals surface area contributed by atoms with Crippen molar-refractivity contribution in [2.24, 2.45) is 0 Å². The molecule has 2 aliphatic rings. The molecule has 39 heavy (non-hydrogen) atoms. The Labute approximate surface area is 243 Å². The third-order valence-corrected chi connectivity index (χ3v) is 8.68. The van der Waals surface area contributed by atoms with Gasteiger partial charge in [-0.2, -0.15) is 0 Å². The monoisotopic (exact) mass is 572 g/mol. The van der Waals surface area contributed by atoms with Crippen LogP contribution in [-0.2, 0) is 16.0 Å². The van der Waals surface area contributed by atoms with Gasteiger partial charge in [0.05, 0.1) is 12.5 Å². The van der Waals surface area contributed by atoms with Crippen LogP contribution >= 0.6 is 23.2 Å². The summed E-state index contributed by atoms with van der Waals surface area (Å²) < 4.78 is 0. The summed E-state index contributed by atoms with van der Waals surface area (Å²) in [6, 6.07) is 15.5. The first-order valence-corrected chi connectivity index (χ1v) is 15.2. The molecule has 0 aromatic heterocycles. The molecule has 2 aromatic carbocycles. The average Bonchev–Trinajstić information content (AvgIpc) is 3.10. The van der Waals surface area contributed by atoms with E-state index in [0.29, 0.717) is 29.1 Å². The molecule has 4 rings (SSSR count). The fraction of sp³-hybridized carbons (Fsp3) is 0.548. The van der Waals surface area contributed by atoms with Crippen molar-refractivity contribution in [3.8, 4) is 0 Å². The molecule has 2 amide bonds. The van der Waals surface area contributed by atoms with Crippen LogP contribution in [0.15, 0.2) is 48.5 Å². The fourth-order valence-corrected chi connectivity index (χ4v) is 6.20. The summed E-state index contributed by atoms with van der Waals surface area (Å²) in [5.74, 6) is 0.398. The molecular weight excluding hydrogens is 531 g/mol. The first-order chi connectivity index (χ1) is 18.9. The Hall–Kier alpha value is -2.12.